The first kappa shape index (κ1) is 11.0. The maximum Gasteiger partial charge on any atom is 0.0822 e. The summed E-state index contributed by atoms with van der Waals surface area (Å²) in [5.41, 5.74) is 0. The summed E-state index contributed by atoms with van der Waals surface area (Å²) in [6.07, 6.45) is 7.00. The first-order valence-corrected chi connectivity index (χ1v) is 4.68. The van der Waals surface area contributed by atoms with E-state index in [1.165, 1.54) is 25.7 Å². The molecule has 1 unspecified atom stereocenters. The Kier molecular flexibility index (Phi) is 8.03. The predicted molar refractivity (Wildman–Crippen MR) is 47.8 cm³/mol. The zero-order chi connectivity index (χ0) is 8.53. The second-order valence-corrected chi connectivity index (χ2v) is 3.37. The van der Waals surface area contributed by atoms with E-state index in [9.17, 15) is 5.11 Å². The lowest BCUT2D eigenvalue weighted by molar-refractivity contribution is 0.186. The molecule has 0 amide bonds. The zero-order valence-corrected chi connectivity index (χ0v) is 7.64. The summed E-state index contributed by atoms with van der Waals surface area (Å²) in [6, 6.07) is 0. The van der Waals surface area contributed by atoms with Gasteiger partial charge in [-0.2, -0.15) is 0 Å². The molecule has 0 rings (SSSR count). The van der Waals surface area contributed by atoms with E-state index in [-0.39, 0.29) is 6.61 Å². The molecule has 1 heteroatoms. The molecule has 11 heavy (non-hydrogen) atoms. The maximum absolute atomic E-state index is 10.1. The van der Waals surface area contributed by atoms with Gasteiger partial charge in [-0.1, -0.05) is 46.0 Å². The summed E-state index contributed by atoms with van der Waals surface area (Å²) in [7, 11) is 0. The summed E-state index contributed by atoms with van der Waals surface area (Å²) >= 11 is 0. The van der Waals surface area contributed by atoms with Crippen LogP contribution in [0.1, 0.15) is 45.4 Å². The Hall–Kier alpha value is -0.0400. The number of rotatable bonds is 7. The third-order valence-electron chi connectivity index (χ3n) is 1.84. The monoisotopic (exact) mass is 156 g/mol. The van der Waals surface area contributed by atoms with Crippen molar-refractivity contribution in [3.05, 3.63) is 6.92 Å². The van der Waals surface area contributed by atoms with E-state index in [0.717, 1.165) is 12.8 Å². The summed E-state index contributed by atoms with van der Waals surface area (Å²) in [4.78, 5) is 0. The zero-order valence-electron chi connectivity index (χ0n) is 7.64. The van der Waals surface area contributed by atoms with Crippen molar-refractivity contribution in [2.75, 3.05) is 6.61 Å². The highest BCUT2D eigenvalue weighted by molar-refractivity contribution is 4.54. The van der Waals surface area contributed by atoms with E-state index < -0.39 is 0 Å². The van der Waals surface area contributed by atoms with Crippen molar-refractivity contribution < 1.29 is 5.11 Å². The second kappa shape index (κ2) is 8.06. The summed E-state index contributed by atoms with van der Waals surface area (Å²) in [5.74, 6) is 0.592. The van der Waals surface area contributed by atoms with Crippen LogP contribution in [0, 0.1) is 12.8 Å². The Balaban J connectivity index is 2.80. The van der Waals surface area contributed by atoms with Crippen LogP contribution in [0.4, 0.5) is 0 Å². The molecular weight excluding hydrogens is 136 g/mol. The van der Waals surface area contributed by atoms with E-state index in [0.29, 0.717) is 5.92 Å². The van der Waals surface area contributed by atoms with E-state index in [1.807, 2.05) is 0 Å². The quantitative estimate of drug-likeness (QED) is 0.504. The topological polar surface area (TPSA) is 19.9 Å². The van der Waals surface area contributed by atoms with Crippen LogP contribution in [-0.4, -0.2) is 6.61 Å². The van der Waals surface area contributed by atoms with Crippen molar-refractivity contribution >= 4 is 0 Å². The molecule has 0 heterocycles. The van der Waals surface area contributed by atoms with Crippen molar-refractivity contribution in [1.29, 1.82) is 0 Å². The van der Waals surface area contributed by atoms with Crippen molar-refractivity contribution in [3.8, 4) is 0 Å². The lowest BCUT2D eigenvalue weighted by Gasteiger charge is -2.02. The fourth-order valence-corrected chi connectivity index (χ4v) is 1.13. The number of hydrogen-bond donors (Lipinski definition) is 0. The van der Waals surface area contributed by atoms with Crippen LogP contribution in [0.3, 0.4) is 0 Å². The van der Waals surface area contributed by atoms with Gasteiger partial charge in [0.2, 0.25) is 0 Å². The molecule has 0 aromatic carbocycles. The van der Waals surface area contributed by atoms with Gasteiger partial charge in [0.05, 0.1) is 6.61 Å². The Labute approximate surface area is 70.8 Å². The van der Waals surface area contributed by atoms with Gasteiger partial charge in [-0.15, -0.1) is 0 Å². The van der Waals surface area contributed by atoms with Crippen molar-refractivity contribution in [2.45, 2.75) is 45.4 Å². The van der Waals surface area contributed by atoms with Gasteiger partial charge in [0.15, 0.2) is 0 Å². The van der Waals surface area contributed by atoms with E-state index >= 15 is 0 Å². The number of unbranched alkanes of at least 4 members (excludes halogenated alkanes) is 4. The second-order valence-electron chi connectivity index (χ2n) is 3.37. The first-order chi connectivity index (χ1) is 5.27. The highest BCUT2D eigenvalue weighted by Gasteiger charge is 1.93. The van der Waals surface area contributed by atoms with Crippen LogP contribution >= 0.6 is 0 Å². The van der Waals surface area contributed by atoms with Crippen LogP contribution in [0.5, 0.6) is 0 Å². The fraction of sp³-hybridized carbons (Fsp3) is 0.900. The third kappa shape index (κ3) is 9.96. The standard InChI is InChI=1S/C10H20O/c1-10(2)8-6-4-3-5-7-9-11/h10H,1,3-9H2,2H3. The number of hydrogen-bond acceptors (Lipinski definition) is 0. The molecule has 0 aliphatic carbocycles. The van der Waals surface area contributed by atoms with Crippen LogP contribution in [-0.2, 0) is 5.11 Å². The minimum atomic E-state index is 0.103. The first-order valence-electron chi connectivity index (χ1n) is 4.68. The Bertz CT molecular complexity index is 69.3. The van der Waals surface area contributed by atoms with Crippen LogP contribution < -0.4 is 0 Å². The highest BCUT2D eigenvalue weighted by atomic mass is 16.2. The molecule has 0 N–H and O–H groups in total. The molecule has 1 nitrogen and oxygen atoms in total. The molecule has 0 saturated heterocycles. The normalized spacial score (nSPS) is 10.9. The summed E-state index contributed by atoms with van der Waals surface area (Å²) in [5, 5.41) is 10.1. The molecule has 0 bridgehead atoms. The molecule has 0 fully saturated rings. The SMILES string of the molecule is [CH2]C(C)CCCCCCC[O]. The molecule has 0 spiro atoms. The molecule has 2 radical (unpaired) electrons. The molecule has 0 aromatic rings. The van der Waals surface area contributed by atoms with Gasteiger partial charge >= 0.3 is 0 Å². The van der Waals surface area contributed by atoms with E-state index in [2.05, 4.69) is 13.8 Å². The molecule has 0 aliphatic rings. The molecule has 0 aromatic heterocycles. The van der Waals surface area contributed by atoms with Gasteiger partial charge in [0.1, 0.15) is 0 Å². The largest absolute Gasteiger partial charge is 0.237 e. The van der Waals surface area contributed by atoms with Gasteiger partial charge in [-0.25, -0.2) is 5.11 Å². The minimum absolute atomic E-state index is 0.103. The van der Waals surface area contributed by atoms with Gasteiger partial charge in [-0.05, 0) is 12.3 Å². The summed E-state index contributed by atoms with van der Waals surface area (Å²) < 4.78 is 0. The maximum atomic E-state index is 10.1. The molecule has 66 valence electrons. The van der Waals surface area contributed by atoms with E-state index in [1.54, 1.807) is 0 Å². The lowest BCUT2D eigenvalue weighted by atomic mass is 10.0. The minimum Gasteiger partial charge on any atom is -0.237 e. The fourth-order valence-electron chi connectivity index (χ4n) is 1.13. The smallest absolute Gasteiger partial charge is 0.0822 e. The average molecular weight is 156 g/mol. The predicted octanol–water partition coefficient (Wildman–Crippen LogP) is 3.23. The van der Waals surface area contributed by atoms with Crippen LogP contribution in [0.25, 0.3) is 0 Å². The van der Waals surface area contributed by atoms with Crippen LogP contribution in [0.2, 0.25) is 0 Å². The van der Waals surface area contributed by atoms with Gasteiger partial charge < -0.3 is 0 Å². The third-order valence-corrected chi connectivity index (χ3v) is 1.84. The van der Waals surface area contributed by atoms with Crippen molar-refractivity contribution in [1.82, 2.24) is 0 Å². The van der Waals surface area contributed by atoms with Crippen molar-refractivity contribution in [2.24, 2.45) is 5.92 Å². The van der Waals surface area contributed by atoms with Gasteiger partial charge in [0, 0.05) is 0 Å². The highest BCUT2D eigenvalue weighted by Crippen LogP contribution is 2.09. The molecule has 0 saturated carbocycles. The molecule has 1 atom stereocenters. The van der Waals surface area contributed by atoms with E-state index in [4.69, 9.17) is 0 Å². The molecular formula is C10H20O. The Morgan fingerprint density at radius 1 is 1.09 bits per heavy atom. The summed E-state index contributed by atoms with van der Waals surface area (Å²) in [6.45, 7) is 6.18. The molecule has 0 aliphatic heterocycles. The Morgan fingerprint density at radius 3 is 2.18 bits per heavy atom. The van der Waals surface area contributed by atoms with Crippen LogP contribution in [0.15, 0.2) is 0 Å². The van der Waals surface area contributed by atoms with Gasteiger partial charge in [0.25, 0.3) is 0 Å². The van der Waals surface area contributed by atoms with Gasteiger partial charge in [-0.3, -0.25) is 0 Å². The lowest BCUT2D eigenvalue weighted by Crippen LogP contribution is -1.88. The average Bonchev–Trinajstić information content (AvgIpc) is 1.96. The Morgan fingerprint density at radius 2 is 1.64 bits per heavy atom. The van der Waals surface area contributed by atoms with Crippen molar-refractivity contribution in [3.63, 3.8) is 0 Å².